The van der Waals surface area contributed by atoms with Crippen LogP contribution in [0.4, 0.5) is 22.9 Å². The molecule has 4 rings (SSSR count). The second-order valence-corrected chi connectivity index (χ2v) is 6.83. The van der Waals surface area contributed by atoms with Gasteiger partial charge in [-0.1, -0.05) is 18.2 Å². The molecule has 0 fully saturated rings. The SMILES string of the molecule is CN(C)c1ccc(Nc2ccc(C(=O)Nc3cccc4cccnc34)cn2)cc1. The van der Waals surface area contributed by atoms with Gasteiger partial charge in [0.25, 0.3) is 5.91 Å². The van der Waals surface area contributed by atoms with Crippen molar-refractivity contribution in [2.45, 2.75) is 0 Å². The zero-order chi connectivity index (χ0) is 20.2. The summed E-state index contributed by atoms with van der Waals surface area (Å²) in [5.74, 6) is 0.448. The van der Waals surface area contributed by atoms with Crippen LogP contribution in [0.2, 0.25) is 0 Å². The molecule has 0 radical (unpaired) electrons. The van der Waals surface area contributed by atoms with Crippen LogP contribution in [0.1, 0.15) is 10.4 Å². The molecule has 0 aliphatic heterocycles. The molecule has 0 saturated heterocycles. The topological polar surface area (TPSA) is 70.2 Å². The fraction of sp³-hybridized carbons (Fsp3) is 0.0870. The molecule has 0 saturated carbocycles. The van der Waals surface area contributed by atoms with Crippen LogP contribution >= 0.6 is 0 Å². The van der Waals surface area contributed by atoms with Crippen molar-refractivity contribution in [2.75, 3.05) is 29.6 Å². The van der Waals surface area contributed by atoms with Gasteiger partial charge in [-0.25, -0.2) is 4.98 Å². The molecule has 1 amide bonds. The number of nitrogens with zero attached hydrogens (tertiary/aromatic N) is 3. The van der Waals surface area contributed by atoms with Crippen LogP contribution in [-0.4, -0.2) is 30.0 Å². The molecule has 144 valence electrons. The predicted molar refractivity (Wildman–Crippen MR) is 118 cm³/mol. The van der Waals surface area contributed by atoms with E-state index in [1.807, 2.05) is 73.6 Å². The minimum Gasteiger partial charge on any atom is -0.378 e. The molecule has 0 atom stereocenters. The van der Waals surface area contributed by atoms with E-state index in [0.29, 0.717) is 17.1 Å². The normalized spacial score (nSPS) is 10.6. The van der Waals surface area contributed by atoms with E-state index in [1.165, 1.54) is 0 Å². The first-order chi connectivity index (χ1) is 14.1. The summed E-state index contributed by atoms with van der Waals surface area (Å²) >= 11 is 0. The number of anilines is 4. The minimum atomic E-state index is -0.225. The van der Waals surface area contributed by atoms with E-state index in [9.17, 15) is 4.79 Å². The lowest BCUT2D eigenvalue weighted by molar-refractivity contribution is 0.102. The van der Waals surface area contributed by atoms with Crippen LogP contribution in [-0.2, 0) is 0 Å². The molecule has 6 heteroatoms. The molecule has 2 aromatic carbocycles. The fourth-order valence-corrected chi connectivity index (χ4v) is 2.99. The van der Waals surface area contributed by atoms with Gasteiger partial charge in [0, 0.05) is 43.3 Å². The second-order valence-electron chi connectivity index (χ2n) is 6.83. The first kappa shape index (κ1) is 18.4. The first-order valence-corrected chi connectivity index (χ1v) is 9.26. The van der Waals surface area contributed by atoms with Gasteiger partial charge in [-0.15, -0.1) is 0 Å². The highest BCUT2D eigenvalue weighted by molar-refractivity contribution is 6.08. The summed E-state index contributed by atoms with van der Waals surface area (Å²) in [5, 5.41) is 7.13. The van der Waals surface area contributed by atoms with E-state index in [2.05, 4.69) is 20.6 Å². The number of aromatic nitrogens is 2. The predicted octanol–water partition coefficient (Wildman–Crippen LogP) is 4.69. The second kappa shape index (κ2) is 7.98. The summed E-state index contributed by atoms with van der Waals surface area (Å²) < 4.78 is 0. The van der Waals surface area contributed by atoms with Crippen molar-refractivity contribution in [2.24, 2.45) is 0 Å². The Morgan fingerprint density at radius 3 is 2.41 bits per heavy atom. The molecular formula is C23H21N5O. The number of fused-ring (bicyclic) bond motifs is 1. The third-order valence-corrected chi connectivity index (χ3v) is 4.56. The van der Waals surface area contributed by atoms with Gasteiger partial charge in [0.15, 0.2) is 0 Å². The lowest BCUT2D eigenvalue weighted by atomic mass is 10.2. The Kier molecular flexibility index (Phi) is 5.07. The summed E-state index contributed by atoms with van der Waals surface area (Å²) in [6, 6.07) is 21.1. The van der Waals surface area contributed by atoms with Crippen molar-refractivity contribution in [3.05, 3.63) is 84.7 Å². The Bertz CT molecular complexity index is 1130. The maximum absolute atomic E-state index is 12.6. The molecule has 0 aliphatic rings. The number of amides is 1. The number of hydrogen-bond acceptors (Lipinski definition) is 5. The Morgan fingerprint density at radius 2 is 1.69 bits per heavy atom. The van der Waals surface area contributed by atoms with Crippen molar-refractivity contribution >= 4 is 39.7 Å². The zero-order valence-electron chi connectivity index (χ0n) is 16.3. The van der Waals surface area contributed by atoms with Crippen molar-refractivity contribution in [1.29, 1.82) is 0 Å². The average Bonchev–Trinajstić information content (AvgIpc) is 2.75. The van der Waals surface area contributed by atoms with Crippen LogP contribution in [0, 0.1) is 0 Å². The molecule has 6 nitrogen and oxygen atoms in total. The molecule has 0 aliphatic carbocycles. The monoisotopic (exact) mass is 383 g/mol. The number of nitrogens with one attached hydrogen (secondary N) is 2. The Balaban J connectivity index is 1.46. The molecule has 29 heavy (non-hydrogen) atoms. The summed E-state index contributed by atoms with van der Waals surface area (Å²) in [4.78, 5) is 23.4. The number of para-hydroxylation sites is 1. The maximum Gasteiger partial charge on any atom is 0.257 e. The quantitative estimate of drug-likeness (QED) is 0.523. The van der Waals surface area contributed by atoms with Gasteiger partial charge >= 0.3 is 0 Å². The van der Waals surface area contributed by atoms with E-state index in [-0.39, 0.29) is 5.91 Å². The standard InChI is InChI=1S/C23H21N5O/c1-28(2)19-11-9-18(10-12-19)26-21-13-8-17(15-25-21)23(29)27-20-7-3-5-16-6-4-14-24-22(16)20/h3-15H,1-2H3,(H,25,26)(H,27,29). The third kappa shape index (κ3) is 4.16. The summed E-state index contributed by atoms with van der Waals surface area (Å²) in [6.45, 7) is 0. The van der Waals surface area contributed by atoms with E-state index in [0.717, 1.165) is 22.3 Å². The largest absolute Gasteiger partial charge is 0.378 e. The van der Waals surface area contributed by atoms with Crippen LogP contribution < -0.4 is 15.5 Å². The highest BCUT2D eigenvalue weighted by atomic mass is 16.1. The number of hydrogen-bond donors (Lipinski definition) is 2. The van der Waals surface area contributed by atoms with E-state index in [4.69, 9.17) is 0 Å². The Morgan fingerprint density at radius 1 is 0.897 bits per heavy atom. The van der Waals surface area contributed by atoms with Crippen molar-refractivity contribution in [3.63, 3.8) is 0 Å². The van der Waals surface area contributed by atoms with Crippen LogP contribution in [0.5, 0.6) is 0 Å². The molecule has 0 unspecified atom stereocenters. The number of benzene rings is 2. The fourth-order valence-electron chi connectivity index (χ4n) is 2.99. The Hall–Kier alpha value is -3.93. The van der Waals surface area contributed by atoms with Gasteiger partial charge < -0.3 is 15.5 Å². The van der Waals surface area contributed by atoms with Crippen LogP contribution in [0.3, 0.4) is 0 Å². The van der Waals surface area contributed by atoms with Gasteiger partial charge in [0.2, 0.25) is 0 Å². The number of rotatable bonds is 5. The van der Waals surface area contributed by atoms with Gasteiger partial charge in [-0.3, -0.25) is 9.78 Å². The third-order valence-electron chi connectivity index (χ3n) is 4.56. The van der Waals surface area contributed by atoms with E-state index >= 15 is 0 Å². The highest BCUT2D eigenvalue weighted by Crippen LogP contribution is 2.22. The first-order valence-electron chi connectivity index (χ1n) is 9.26. The zero-order valence-corrected chi connectivity index (χ0v) is 16.3. The lowest BCUT2D eigenvalue weighted by Gasteiger charge is -2.13. The molecule has 2 N–H and O–H groups in total. The molecular weight excluding hydrogens is 362 g/mol. The smallest absolute Gasteiger partial charge is 0.257 e. The molecule has 2 heterocycles. The van der Waals surface area contributed by atoms with Crippen molar-refractivity contribution in [3.8, 4) is 0 Å². The summed E-state index contributed by atoms with van der Waals surface area (Å²) in [6.07, 6.45) is 3.27. The maximum atomic E-state index is 12.6. The van der Waals surface area contributed by atoms with E-state index < -0.39 is 0 Å². The molecule has 4 aromatic rings. The Labute approximate surface area is 169 Å². The number of carbonyl (C=O) groups excluding carboxylic acids is 1. The van der Waals surface area contributed by atoms with Crippen molar-refractivity contribution in [1.82, 2.24) is 9.97 Å². The number of carbonyl (C=O) groups is 1. The van der Waals surface area contributed by atoms with Gasteiger partial charge in [-0.05, 0) is 48.5 Å². The minimum absolute atomic E-state index is 0.225. The summed E-state index contributed by atoms with van der Waals surface area (Å²) in [5.41, 5.74) is 3.97. The lowest BCUT2D eigenvalue weighted by Crippen LogP contribution is -2.13. The van der Waals surface area contributed by atoms with Crippen LogP contribution in [0.25, 0.3) is 10.9 Å². The van der Waals surface area contributed by atoms with Gasteiger partial charge in [0.05, 0.1) is 16.8 Å². The van der Waals surface area contributed by atoms with Gasteiger partial charge in [-0.2, -0.15) is 0 Å². The molecule has 0 spiro atoms. The average molecular weight is 383 g/mol. The van der Waals surface area contributed by atoms with Crippen LogP contribution in [0.15, 0.2) is 79.1 Å². The molecule has 0 bridgehead atoms. The highest BCUT2D eigenvalue weighted by Gasteiger charge is 2.10. The summed E-state index contributed by atoms with van der Waals surface area (Å²) in [7, 11) is 4.00. The number of pyridine rings is 2. The van der Waals surface area contributed by atoms with E-state index in [1.54, 1.807) is 24.5 Å². The van der Waals surface area contributed by atoms with Gasteiger partial charge in [0.1, 0.15) is 5.82 Å². The van der Waals surface area contributed by atoms with Crippen molar-refractivity contribution < 1.29 is 4.79 Å². The molecule has 2 aromatic heterocycles.